The van der Waals surface area contributed by atoms with Gasteiger partial charge < -0.3 is 9.47 Å². The van der Waals surface area contributed by atoms with Crippen molar-refractivity contribution in [1.29, 1.82) is 0 Å². The summed E-state index contributed by atoms with van der Waals surface area (Å²) in [6, 6.07) is 6.74. The minimum Gasteiger partial charge on any atom is -0.497 e. The van der Waals surface area contributed by atoms with Crippen LogP contribution in [0.25, 0.3) is 0 Å². The van der Waals surface area contributed by atoms with E-state index in [1.165, 1.54) is 6.61 Å². The van der Waals surface area contributed by atoms with Crippen LogP contribution in [0.15, 0.2) is 24.3 Å². The van der Waals surface area contributed by atoms with E-state index in [0.717, 1.165) is 5.75 Å². The van der Waals surface area contributed by atoms with Gasteiger partial charge in [-0.3, -0.25) is 0 Å². The summed E-state index contributed by atoms with van der Waals surface area (Å²) in [5, 5.41) is 0. The number of rotatable bonds is 3. The molecule has 0 fully saturated rings. The van der Waals surface area contributed by atoms with E-state index in [4.69, 9.17) is 9.47 Å². The van der Waals surface area contributed by atoms with Crippen molar-refractivity contribution in [2.24, 2.45) is 0 Å². The van der Waals surface area contributed by atoms with E-state index in [1.807, 2.05) is 0 Å². The molecule has 0 aliphatic heterocycles. The first-order valence-electron chi connectivity index (χ1n) is 3.91. The quantitative estimate of drug-likeness (QED) is 0.666. The highest BCUT2D eigenvalue weighted by atomic mass is 16.5. The van der Waals surface area contributed by atoms with Gasteiger partial charge in [0.2, 0.25) is 0 Å². The summed E-state index contributed by atoms with van der Waals surface area (Å²) in [4.78, 5) is 11.2. The molecule has 1 aromatic rings. The number of ether oxygens (including phenoxy) is 2. The molecule has 0 aliphatic rings. The monoisotopic (exact) mass is 179 g/mol. The first kappa shape index (κ1) is 9.58. The first-order valence-corrected chi connectivity index (χ1v) is 3.91. The minimum absolute atomic E-state index is 0.356. The lowest BCUT2D eigenvalue weighted by Gasteiger charge is -2.02. The van der Waals surface area contributed by atoms with Crippen molar-refractivity contribution >= 4 is 5.97 Å². The van der Waals surface area contributed by atoms with Crippen LogP contribution < -0.4 is 4.74 Å². The predicted octanol–water partition coefficient (Wildman–Crippen LogP) is 2.03. The highest BCUT2D eigenvalue weighted by Crippen LogP contribution is 2.12. The van der Waals surface area contributed by atoms with E-state index in [-0.39, 0.29) is 5.97 Å². The summed E-state index contributed by atoms with van der Waals surface area (Å²) >= 11 is 0. The number of hydrogen-bond acceptors (Lipinski definition) is 3. The Labute approximate surface area is 77.3 Å². The van der Waals surface area contributed by atoms with Crippen LogP contribution in [0.3, 0.4) is 0 Å². The van der Waals surface area contributed by atoms with Crippen molar-refractivity contribution in [1.82, 2.24) is 0 Å². The second-order valence-electron chi connectivity index (χ2n) is 2.37. The molecule has 0 aromatic heterocycles. The molecule has 1 aromatic carbocycles. The van der Waals surface area contributed by atoms with Crippen molar-refractivity contribution in [3.05, 3.63) is 36.4 Å². The van der Waals surface area contributed by atoms with Gasteiger partial charge in [0.25, 0.3) is 0 Å². The molecule has 0 heterocycles. The Hall–Kier alpha value is -1.51. The van der Waals surface area contributed by atoms with Crippen LogP contribution >= 0.6 is 0 Å². The lowest BCUT2D eigenvalue weighted by atomic mass is 10.2. The molecular formula is C10H11O3. The molecule has 0 spiro atoms. The Morgan fingerprint density at radius 1 is 1.31 bits per heavy atom. The van der Waals surface area contributed by atoms with Crippen LogP contribution in [-0.2, 0) is 4.74 Å². The van der Waals surface area contributed by atoms with E-state index in [2.05, 4.69) is 0 Å². The average molecular weight is 179 g/mol. The fraction of sp³-hybridized carbons (Fsp3) is 0.200. The van der Waals surface area contributed by atoms with E-state index >= 15 is 0 Å². The normalized spacial score (nSPS) is 9.38. The van der Waals surface area contributed by atoms with Crippen LogP contribution in [0.4, 0.5) is 0 Å². The minimum atomic E-state index is -0.356. The molecule has 0 aliphatic carbocycles. The Balaban J connectivity index is 2.74. The van der Waals surface area contributed by atoms with Crippen molar-refractivity contribution in [3.8, 4) is 5.75 Å². The number of methoxy groups -OCH3 is 1. The van der Waals surface area contributed by atoms with E-state index in [9.17, 15) is 4.79 Å². The Morgan fingerprint density at radius 3 is 2.38 bits per heavy atom. The molecule has 0 saturated carbocycles. The fourth-order valence-electron chi connectivity index (χ4n) is 0.902. The van der Waals surface area contributed by atoms with Crippen molar-refractivity contribution in [2.75, 3.05) is 7.11 Å². The van der Waals surface area contributed by atoms with Gasteiger partial charge in [-0.15, -0.1) is 0 Å². The fourth-order valence-corrected chi connectivity index (χ4v) is 0.902. The second-order valence-corrected chi connectivity index (χ2v) is 2.37. The van der Waals surface area contributed by atoms with Gasteiger partial charge in [-0.2, -0.15) is 0 Å². The summed E-state index contributed by atoms with van der Waals surface area (Å²) in [5.41, 5.74) is 0.513. The third-order valence-corrected chi connectivity index (χ3v) is 1.55. The van der Waals surface area contributed by atoms with Crippen molar-refractivity contribution in [3.63, 3.8) is 0 Å². The number of hydrogen-bond donors (Lipinski definition) is 0. The number of carbonyl (C=O) groups is 1. The molecule has 13 heavy (non-hydrogen) atoms. The van der Waals surface area contributed by atoms with Gasteiger partial charge in [-0.25, -0.2) is 4.79 Å². The van der Waals surface area contributed by atoms with Gasteiger partial charge in [0.05, 0.1) is 12.7 Å². The summed E-state index contributed by atoms with van der Waals surface area (Å²) in [6.07, 6.45) is 0. The van der Waals surface area contributed by atoms with Crippen LogP contribution in [0.2, 0.25) is 0 Å². The highest BCUT2D eigenvalue weighted by Gasteiger charge is 2.05. The highest BCUT2D eigenvalue weighted by molar-refractivity contribution is 5.89. The molecule has 0 saturated heterocycles. The Kier molecular flexibility index (Phi) is 3.31. The number of benzene rings is 1. The van der Waals surface area contributed by atoms with Crippen LogP contribution in [0.1, 0.15) is 17.3 Å². The van der Waals surface area contributed by atoms with Gasteiger partial charge in [-0.05, 0) is 31.2 Å². The zero-order valence-electron chi connectivity index (χ0n) is 7.61. The van der Waals surface area contributed by atoms with Gasteiger partial charge >= 0.3 is 5.97 Å². The summed E-state index contributed by atoms with van der Waals surface area (Å²) in [5.74, 6) is 0.363. The molecule has 3 heteroatoms. The van der Waals surface area contributed by atoms with Gasteiger partial charge in [0.15, 0.2) is 0 Å². The SMILES string of the molecule is C[CH]OC(=O)c1ccc(OC)cc1. The summed E-state index contributed by atoms with van der Waals surface area (Å²) < 4.78 is 9.65. The maximum atomic E-state index is 11.2. The van der Waals surface area contributed by atoms with Gasteiger partial charge in [0.1, 0.15) is 12.4 Å². The molecule has 0 atom stereocenters. The van der Waals surface area contributed by atoms with E-state index in [1.54, 1.807) is 38.3 Å². The molecule has 0 bridgehead atoms. The van der Waals surface area contributed by atoms with Crippen molar-refractivity contribution < 1.29 is 14.3 Å². The van der Waals surface area contributed by atoms with Crippen LogP contribution in [-0.4, -0.2) is 13.1 Å². The van der Waals surface area contributed by atoms with Crippen molar-refractivity contribution in [2.45, 2.75) is 6.92 Å². The molecule has 1 radical (unpaired) electrons. The largest absolute Gasteiger partial charge is 0.497 e. The molecule has 69 valence electrons. The van der Waals surface area contributed by atoms with E-state index in [0.29, 0.717) is 5.56 Å². The Bertz CT molecular complexity index is 277. The molecule has 0 unspecified atom stereocenters. The van der Waals surface area contributed by atoms with E-state index < -0.39 is 0 Å². The first-order chi connectivity index (χ1) is 6.27. The maximum Gasteiger partial charge on any atom is 0.338 e. The lowest BCUT2D eigenvalue weighted by Crippen LogP contribution is -2.01. The number of carbonyl (C=O) groups excluding carboxylic acids is 1. The third-order valence-electron chi connectivity index (χ3n) is 1.55. The summed E-state index contributed by atoms with van der Waals surface area (Å²) in [7, 11) is 1.58. The standard InChI is InChI=1S/C10H11O3/c1-3-13-10(11)8-4-6-9(12-2)7-5-8/h3-7H,1-2H3. The predicted molar refractivity (Wildman–Crippen MR) is 48.4 cm³/mol. The molecule has 0 N–H and O–H groups in total. The zero-order valence-corrected chi connectivity index (χ0v) is 7.61. The molecule has 0 amide bonds. The van der Waals surface area contributed by atoms with Gasteiger partial charge in [0, 0.05) is 0 Å². The smallest absolute Gasteiger partial charge is 0.338 e. The Morgan fingerprint density at radius 2 is 1.92 bits per heavy atom. The molecular weight excluding hydrogens is 168 g/mol. The maximum absolute atomic E-state index is 11.2. The second kappa shape index (κ2) is 4.50. The number of esters is 1. The van der Waals surface area contributed by atoms with Gasteiger partial charge in [-0.1, -0.05) is 0 Å². The van der Waals surface area contributed by atoms with Crippen LogP contribution in [0, 0.1) is 6.61 Å². The summed E-state index contributed by atoms with van der Waals surface area (Å²) in [6.45, 7) is 3.01. The zero-order chi connectivity index (χ0) is 9.68. The lowest BCUT2D eigenvalue weighted by molar-refractivity contribution is 0.0612. The van der Waals surface area contributed by atoms with Crippen LogP contribution in [0.5, 0.6) is 5.75 Å². The third kappa shape index (κ3) is 2.47. The average Bonchev–Trinajstić information content (AvgIpc) is 2.18. The topological polar surface area (TPSA) is 35.5 Å². The molecule has 1 rings (SSSR count). The molecule has 3 nitrogen and oxygen atoms in total.